The van der Waals surface area contributed by atoms with Crippen LogP contribution in [0.3, 0.4) is 0 Å². The molecule has 0 saturated carbocycles. The van der Waals surface area contributed by atoms with E-state index in [-0.39, 0.29) is 10.6 Å². The van der Waals surface area contributed by atoms with Crippen LogP contribution in [0.4, 0.5) is 11.4 Å². The second kappa shape index (κ2) is 7.31. The predicted octanol–water partition coefficient (Wildman–Crippen LogP) is 1.51. The summed E-state index contributed by atoms with van der Waals surface area (Å²) in [4.78, 5) is 14.2. The summed E-state index contributed by atoms with van der Waals surface area (Å²) in [6.45, 7) is 5.00. The van der Waals surface area contributed by atoms with Crippen LogP contribution in [0.2, 0.25) is 0 Å². The van der Waals surface area contributed by atoms with Crippen LogP contribution in [0.15, 0.2) is 48.5 Å². The van der Waals surface area contributed by atoms with E-state index in [1.807, 2.05) is 24.3 Å². The van der Waals surface area contributed by atoms with Crippen molar-refractivity contribution in [2.24, 2.45) is 0 Å². The molecule has 1 heterocycles. The van der Waals surface area contributed by atoms with Gasteiger partial charge in [0.15, 0.2) is 0 Å². The summed E-state index contributed by atoms with van der Waals surface area (Å²) in [7, 11) is 1.69. The van der Waals surface area contributed by atoms with Crippen molar-refractivity contribution < 1.29 is 14.6 Å². The first-order valence-corrected chi connectivity index (χ1v) is 8.11. The highest BCUT2D eigenvalue weighted by atomic mass is 16.6. The summed E-state index contributed by atoms with van der Waals surface area (Å²) >= 11 is 0. The number of rotatable bonds is 5. The fourth-order valence-corrected chi connectivity index (χ4v) is 3.09. The smallest absolute Gasteiger partial charge is 0.269 e. The predicted molar refractivity (Wildman–Crippen MR) is 92.7 cm³/mol. The molecule has 0 radical (unpaired) electrons. The molecule has 2 aromatic carbocycles. The van der Waals surface area contributed by atoms with Crippen molar-refractivity contribution in [3.63, 3.8) is 0 Å². The van der Waals surface area contributed by atoms with E-state index in [9.17, 15) is 10.1 Å². The van der Waals surface area contributed by atoms with E-state index in [1.54, 1.807) is 19.2 Å². The van der Waals surface area contributed by atoms with E-state index in [0.29, 0.717) is 0 Å². The van der Waals surface area contributed by atoms with Gasteiger partial charge in [-0.2, -0.15) is 0 Å². The van der Waals surface area contributed by atoms with Crippen LogP contribution in [0.25, 0.3) is 0 Å². The Kier molecular flexibility index (Phi) is 4.96. The molecule has 0 aromatic heterocycles. The number of piperazine rings is 1. The second-order valence-corrected chi connectivity index (χ2v) is 6.04. The molecule has 126 valence electrons. The third-order valence-electron chi connectivity index (χ3n) is 4.49. The zero-order chi connectivity index (χ0) is 16.9. The minimum absolute atomic E-state index is 0.150. The van der Waals surface area contributed by atoms with Crippen molar-refractivity contribution in [2.75, 3.05) is 38.2 Å². The Labute approximate surface area is 141 Å². The molecule has 1 saturated heterocycles. The SMILES string of the molecule is COc1cccc(N2CC[NH+](Cc3ccc([N+](=O)[O-])cc3)CC2)c1. The fourth-order valence-electron chi connectivity index (χ4n) is 3.09. The zero-order valence-electron chi connectivity index (χ0n) is 13.8. The highest BCUT2D eigenvalue weighted by molar-refractivity contribution is 5.50. The molecule has 0 spiro atoms. The number of non-ortho nitro benzene ring substituents is 1. The topological polar surface area (TPSA) is 60.0 Å². The molecular formula is C18H22N3O3+. The van der Waals surface area contributed by atoms with Crippen molar-refractivity contribution in [3.05, 3.63) is 64.2 Å². The summed E-state index contributed by atoms with van der Waals surface area (Å²) < 4.78 is 5.29. The average molecular weight is 328 g/mol. The van der Waals surface area contributed by atoms with Crippen molar-refractivity contribution in [3.8, 4) is 5.75 Å². The van der Waals surface area contributed by atoms with Crippen molar-refractivity contribution in [1.82, 2.24) is 0 Å². The van der Waals surface area contributed by atoms with E-state index in [2.05, 4.69) is 17.0 Å². The molecule has 1 aliphatic rings. The number of methoxy groups -OCH3 is 1. The Morgan fingerprint density at radius 3 is 2.50 bits per heavy atom. The molecule has 6 heteroatoms. The van der Waals surface area contributed by atoms with Gasteiger partial charge < -0.3 is 14.5 Å². The van der Waals surface area contributed by atoms with E-state index >= 15 is 0 Å². The molecule has 6 nitrogen and oxygen atoms in total. The minimum Gasteiger partial charge on any atom is -0.497 e. The Balaban J connectivity index is 1.55. The molecule has 3 rings (SSSR count). The van der Waals surface area contributed by atoms with Crippen LogP contribution in [0, 0.1) is 10.1 Å². The van der Waals surface area contributed by atoms with Gasteiger partial charge in [-0.25, -0.2) is 0 Å². The van der Waals surface area contributed by atoms with Gasteiger partial charge in [0.25, 0.3) is 5.69 Å². The number of hydrogen-bond acceptors (Lipinski definition) is 4. The third-order valence-corrected chi connectivity index (χ3v) is 4.49. The molecule has 0 bridgehead atoms. The van der Waals surface area contributed by atoms with E-state index in [4.69, 9.17) is 4.74 Å². The lowest BCUT2D eigenvalue weighted by molar-refractivity contribution is -0.914. The maximum absolute atomic E-state index is 10.7. The summed E-state index contributed by atoms with van der Waals surface area (Å²) in [5.74, 6) is 0.883. The quantitative estimate of drug-likeness (QED) is 0.668. The van der Waals surface area contributed by atoms with E-state index < -0.39 is 0 Å². The Morgan fingerprint density at radius 1 is 1.17 bits per heavy atom. The van der Waals surface area contributed by atoms with Crippen LogP contribution >= 0.6 is 0 Å². The monoisotopic (exact) mass is 328 g/mol. The lowest BCUT2D eigenvalue weighted by atomic mass is 10.1. The van der Waals surface area contributed by atoms with Crippen LogP contribution in [-0.2, 0) is 6.54 Å². The molecular weight excluding hydrogens is 306 g/mol. The first-order valence-electron chi connectivity index (χ1n) is 8.11. The largest absolute Gasteiger partial charge is 0.497 e. The molecule has 0 atom stereocenters. The molecule has 1 aliphatic heterocycles. The lowest BCUT2D eigenvalue weighted by Crippen LogP contribution is -3.13. The van der Waals surface area contributed by atoms with Gasteiger partial charge in [0.2, 0.25) is 0 Å². The first-order chi connectivity index (χ1) is 11.7. The number of quaternary nitrogens is 1. The van der Waals surface area contributed by atoms with Crippen LogP contribution in [0.5, 0.6) is 5.75 Å². The second-order valence-electron chi connectivity index (χ2n) is 6.04. The maximum atomic E-state index is 10.7. The first kappa shape index (κ1) is 16.3. The normalized spacial score (nSPS) is 15.3. The number of ether oxygens (including phenoxy) is 1. The number of benzene rings is 2. The van der Waals surface area contributed by atoms with Gasteiger partial charge in [0.05, 0.1) is 38.2 Å². The minimum atomic E-state index is -0.358. The van der Waals surface area contributed by atoms with Crippen molar-refractivity contribution >= 4 is 11.4 Å². The molecule has 2 aromatic rings. The number of nitro benzene ring substituents is 1. The molecule has 0 aliphatic carbocycles. The van der Waals surface area contributed by atoms with Crippen molar-refractivity contribution in [1.29, 1.82) is 0 Å². The standard InChI is InChI=1S/C18H21N3O3/c1-24-18-4-2-3-17(13-18)20-11-9-19(10-12-20)14-15-5-7-16(8-6-15)21(22)23/h2-8,13H,9-12,14H2,1H3/p+1. The van der Waals surface area contributed by atoms with E-state index in [1.165, 1.54) is 10.6 Å². The highest BCUT2D eigenvalue weighted by Gasteiger charge is 2.20. The Morgan fingerprint density at radius 2 is 1.88 bits per heavy atom. The van der Waals surface area contributed by atoms with Gasteiger partial charge in [-0.3, -0.25) is 10.1 Å². The number of anilines is 1. The van der Waals surface area contributed by atoms with Gasteiger partial charge in [-0.15, -0.1) is 0 Å². The number of nitrogens with zero attached hydrogens (tertiary/aromatic N) is 2. The van der Waals surface area contributed by atoms with Crippen LogP contribution in [-0.4, -0.2) is 38.2 Å². The Hall–Kier alpha value is -2.60. The summed E-state index contributed by atoms with van der Waals surface area (Å²) in [5, 5.41) is 10.7. The highest BCUT2D eigenvalue weighted by Crippen LogP contribution is 2.20. The average Bonchev–Trinajstić information content (AvgIpc) is 2.63. The fraction of sp³-hybridized carbons (Fsp3) is 0.333. The van der Waals surface area contributed by atoms with Crippen LogP contribution < -0.4 is 14.5 Å². The number of nitrogens with one attached hydrogen (secondary N) is 1. The van der Waals surface area contributed by atoms with Gasteiger partial charge in [-0.1, -0.05) is 6.07 Å². The van der Waals surface area contributed by atoms with E-state index in [0.717, 1.165) is 44.0 Å². The molecule has 0 unspecified atom stereocenters. The summed E-state index contributed by atoms with van der Waals surface area (Å²) in [6, 6.07) is 15.1. The maximum Gasteiger partial charge on any atom is 0.269 e. The number of nitro groups is 1. The lowest BCUT2D eigenvalue weighted by Gasteiger charge is -2.33. The number of hydrogen-bond donors (Lipinski definition) is 1. The molecule has 1 fully saturated rings. The molecule has 24 heavy (non-hydrogen) atoms. The zero-order valence-corrected chi connectivity index (χ0v) is 13.8. The van der Waals surface area contributed by atoms with Crippen LogP contribution in [0.1, 0.15) is 5.56 Å². The van der Waals surface area contributed by atoms with Gasteiger partial charge >= 0.3 is 0 Å². The Bertz CT molecular complexity index is 695. The van der Waals surface area contributed by atoms with Gasteiger partial charge in [0.1, 0.15) is 12.3 Å². The van der Waals surface area contributed by atoms with Gasteiger partial charge in [0, 0.05) is 29.4 Å². The molecule has 0 amide bonds. The summed E-state index contributed by atoms with van der Waals surface area (Å²) in [5.41, 5.74) is 2.49. The van der Waals surface area contributed by atoms with Crippen molar-refractivity contribution in [2.45, 2.75) is 6.54 Å². The third kappa shape index (κ3) is 3.83. The summed E-state index contributed by atoms with van der Waals surface area (Å²) in [6.07, 6.45) is 0. The van der Waals surface area contributed by atoms with Gasteiger partial charge in [-0.05, 0) is 24.3 Å². The molecule has 1 N–H and O–H groups in total.